The van der Waals surface area contributed by atoms with E-state index in [1.807, 2.05) is 17.6 Å². The van der Waals surface area contributed by atoms with Gasteiger partial charge in [-0.1, -0.05) is 13.0 Å². The number of thiophene rings is 1. The molecule has 4 heteroatoms. The summed E-state index contributed by atoms with van der Waals surface area (Å²) >= 11 is 1.85. The first-order valence-corrected chi connectivity index (χ1v) is 8.27. The van der Waals surface area contributed by atoms with Gasteiger partial charge >= 0.3 is 0 Å². The van der Waals surface area contributed by atoms with Crippen molar-refractivity contribution >= 4 is 11.3 Å². The number of nitrogens with zero attached hydrogens (tertiary/aromatic N) is 1. The lowest BCUT2D eigenvalue weighted by atomic mass is 10.2. The van der Waals surface area contributed by atoms with Crippen molar-refractivity contribution in [2.24, 2.45) is 0 Å². The van der Waals surface area contributed by atoms with E-state index in [-0.39, 0.29) is 0 Å². The normalized spacial score (nSPS) is 15.1. The third-order valence-corrected chi connectivity index (χ3v) is 4.61. The van der Waals surface area contributed by atoms with Crippen LogP contribution in [0.3, 0.4) is 0 Å². The van der Waals surface area contributed by atoms with Gasteiger partial charge in [-0.05, 0) is 36.9 Å². The summed E-state index contributed by atoms with van der Waals surface area (Å²) < 4.78 is 5.62. The molecule has 0 amide bonds. The number of hydrogen-bond acceptors (Lipinski definition) is 4. The summed E-state index contributed by atoms with van der Waals surface area (Å²) in [5.41, 5.74) is 1.33. The highest BCUT2D eigenvalue weighted by atomic mass is 32.1. The second-order valence-corrected chi connectivity index (χ2v) is 6.40. The van der Waals surface area contributed by atoms with Gasteiger partial charge in [-0.2, -0.15) is 0 Å². The molecule has 1 aliphatic rings. The SMILES string of the molecule is CCNCc1occc1CN(Cc1cccs1)C1CC1. The van der Waals surface area contributed by atoms with Crippen LogP contribution in [0.15, 0.2) is 34.3 Å². The van der Waals surface area contributed by atoms with Crippen molar-refractivity contribution in [3.05, 3.63) is 46.0 Å². The van der Waals surface area contributed by atoms with Crippen LogP contribution in [0.5, 0.6) is 0 Å². The highest BCUT2D eigenvalue weighted by Gasteiger charge is 2.29. The van der Waals surface area contributed by atoms with Gasteiger partial charge in [0.05, 0.1) is 12.8 Å². The van der Waals surface area contributed by atoms with Crippen LogP contribution in [-0.4, -0.2) is 17.5 Å². The Morgan fingerprint density at radius 2 is 2.25 bits per heavy atom. The molecule has 1 N–H and O–H groups in total. The zero-order chi connectivity index (χ0) is 13.8. The van der Waals surface area contributed by atoms with Gasteiger partial charge < -0.3 is 9.73 Å². The van der Waals surface area contributed by atoms with E-state index in [0.29, 0.717) is 0 Å². The fourth-order valence-electron chi connectivity index (χ4n) is 2.48. The number of furan rings is 1. The van der Waals surface area contributed by atoms with Crippen LogP contribution in [0.4, 0.5) is 0 Å². The largest absolute Gasteiger partial charge is 0.468 e. The predicted molar refractivity (Wildman–Crippen MR) is 82.7 cm³/mol. The molecule has 0 atom stereocenters. The minimum absolute atomic E-state index is 0.763. The zero-order valence-corrected chi connectivity index (χ0v) is 12.8. The first-order valence-electron chi connectivity index (χ1n) is 7.39. The molecule has 0 aliphatic heterocycles. The van der Waals surface area contributed by atoms with Crippen molar-refractivity contribution in [3.63, 3.8) is 0 Å². The number of nitrogens with one attached hydrogen (secondary N) is 1. The minimum atomic E-state index is 0.763. The Morgan fingerprint density at radius 3 is 2.95 bits per heavy atom. The van der Waals surface area contributed by atoms with Crippen LogP contribution >= 0.6 is 11.3 Å². The number of rotatable bonds is 8. The lowest BCUT2D eigenvalue weighted by Crippen LogP contribution is -2.25. The van der Waals surface area contributed by atoms with Crippen LogP contribution in [0.2, 0.25) is 0 Å². The van der Waals surface area contributed by atoms with Crippen LogP contribution < -0.4 is 5.32 Å². The molecule has 0 bridgehead atoms. The molecule has 0 radical (unpaired) electrons. The summed E-state index contributed by atoms with van der Waals surface area (Å²) in [6.07, 6.45) is 4.50. The average Bonchev–Trinajstić information content (AvgIpc) is 3.00. The van der Waals surface area contributed by atoms with Gasteiger partial charge in [0.15, 0.2) is 0 Å². The monoisotopic (exact) mass is 290 g/mol. The van der Waals surface area contributed by atoms with E-state index in [0.717, 1.165) is 38.0 Å². The lowest BCUT2D eigenvalue weighted by Gasteiger charge is -2.21. The van der Waals surface area contributed by atoms with Crippen molar-refractivity contribution in [3.8, 4) is 0 Å². The summed E-state index contributed by atoms with van der Waals surface area (Å²) in [5, 5.41) is 5.51. The second-order valence-electron chi connectivity index (χ2n) is 5.36. The lowest BCUT2D eigenvalue weighted by molar-refractivity contribution is 0.245. The molecule has 0 aromatic carbocycles. The van der Waals surface area contributed by atoms with Crippen molar-refractivity contribution in [2.45, 2.75) is 45.4 Å². The Morgan fingerprint density at radius 1 is 1.35 bits per heavy atom. The minimum Gasteiger partial charge on any atom is -0.468 e. The van der Waals surface area contributed by atoms with Crippen molar-refractivity contribution in [2.75, 3.05) is 6.54 Å². The van der Waals surface area contributed by atoms with E-state index >= 15 is 0 Å². The molecule has 0 unspecified atom stereocenters. The van der Waals surface area contributed by atoms with Gasteiger partial charge in [-0.15, -0.1) is 11.3 Å². The van der Waals surface area contributed by atoms with Crippen molar-refractivity contribution < 1.29 is 4.42 Å². The highest BCUT2D eigenvalue weighted by molar-refractivity contribution is 7.09. The summed E-state index contributed by atoms with van der Waals surface area (Å²) in [6, 6.07) is 7.25. The third-order valence-electron chi connectivity index (χ3n) is 3.75. The maximum absolute atomic E-state index is 5.62. The molecule has 2 heterocycles. The van der Waals surface area contributed by atoms with Crippen molar-refractivity contribution in [1.29, 1.82) is 0 Å². The van der Waals surface area contributed by atoms with Crippen LogP contribution in [0, 0.1) is 0 Å². The summed E-state index contributed by atoms with van der Waals surface area (Å²) in [5.74, 6) is 1.09. The highest BCUT2D eigenvalue weighted by Crippen LogP contribution is 2.31. The Hall–Kier alpha value is -1.10. The molecule has 0 saturated heterocycles. The molecule has 1 fully saturated rings. The molecule has 0 spiro atoms. The smallest absolute Gasteiger partial charge is 0.122 e. The molecular weight excluding hydrogens is 268 g/mol. The van der Waals surface area contributed by atoms with Gasteiger partial charge in [-0.25, -0.2) is 0 Å². The number of hydrogen-bond donors (Lipinski definition) is 1. The first kappa shape index (κ1) is 13.9. The maximum Gasteiger partial charge on any atom is 0.122 e. The predicted octanol–water partition coefficient (Wildman–Crippen LogP) is 3.62. The fraction of sp³-hybridized carbons (Fsp3) is 0.500. The quantitative estimate of drug-likeness (QED) is 0.805. The molecule has 3 nitrogen and oxygen atoms in total. The van der Waals surface area contributed by atoms with Gasteiger partial charge in [-0.3, -0.25) is 4.90 Å². The molecule has 20 heavy (non-hydrogen) atoms. The van der Waals surface area contributed by atoms with E-state index in [1.165, 1.54) is 23.3 Å². The van der Waals surface area contributed by atoms with E-state index in [9.17, 15) is 0 Å². The second kappa shape index (κ2) is 6.57. The summed E-state index contributed by atoms with van der Waals surface area (Å²) in [6.45, 7) is 5.99. The topological polar surface area (TPSA) is 28.4 Å². The summed E-state index contributed by atoms with van der Waals surface area (Å²) in [7, 11) is 0. The Balaban J connectivity index is 1.65. The van der Waals surface area contributed by atoms with Gasteiger partial charge in [0.2, 0.25) is 0 Å². The van der Waals surface area contributed by atoms with Crippen molar-refractivity contribution in [1.82, 2.24) is 10.2 Å². The molecule has 1 saturated carbocycles. The van der Waals surface area contributed by atoms with Gasteiger partial charge in [0.1, 0.15) is 5.76 Å². The standard InChI is InChI=1S/C16H22N2OS/c1-2-17-10-16-13(7-8-19-16)11-18(14-5-6-14)12-15-4-3-9-20-15/h3-4,7-9,14,17H,2,5-6,10-12H2,1H3. The molecule has 108 valence electrons. The van der Waals surface area contributed by atoms with E-state index in [2.05, 4.69) is 40.7 Å². The van der Waals surface area contributed by atoms with E-state index in [1.54, 1.807) is 0 Å². The van der Waals surface area contributed by atoms with Crippen LogP contribution in [0.25, 0.3) is 0 Å². The Bertz CT molecular complexity index is 516. The van der Waals surface area contributed by atoms with Gasteiger partial charge in [0.25, 0.3) is 0 Å². The van der Waals surface area contributed by atoms with E-state index < -0.39 is 0 Å². The fourth-order valence-corrected chi connectivity index (χ4v) is 3.21. The molecule has 3 rings (SSSR count). The van der Waals surface area contributed by atoms with E-state index in [4.69, 9.17) is 4.42 Å². The molecule has 2 aromatic heterocycles. The van der Waals surface area contributed by atoms with Gasteiger partial charge in [0, 0.05) is 29.6 Å². The molecule has 1 aliphatic carbocycles. The maximum atomic E-state index is 5.62. The average molecular weight is 290 g/mol. The zero-order valence-electron chi connectivity index (χ0n) is 12.0. The first-order chi connectivity index (χ1) is 9.86. The Labute approximate surface area is 124 Å². The molecule has 2 aromatic rings. The van der Waals surface area contributed by atoms with Crippen LogP contribution in [-0.2, 0) is 19.6 Å². The summed E-state index contributed by atoms with van der Waals surface area (Å²) in [4.78, 5) is 4.04. The third kappa shape index (κ3) is 3.51. The Kier molecular flexibility index (Phi) is 4.55. The molecular formula is C16H22N2OS. The van der Waals surface area contributed by atoms with Crippen LogP contribution in [0.1, 0.15) is 36.0 Å².